The molecular weight excluding hydrogens is 298 g/mol. The lowest BCUT2D eigenvalue weighted by Crippen LogP contribution is -2.43. The summed E-state index contributed by atoms with van der Waals surface area (Å²) in [5.41, 5.74) is 4.78. The van der Waals surface area contributed by atoms with E-state index in [-0.39, 0.29) is 0 Å². The van der Waals surface area contributed by atoms with Crippen molar-refractivity contribution in [3.05, 3.63) is 29.8 Å². The summed E-state index contributed by atoms with van der Waals surface area (Å²) in [7, 11) is -4.51. The van der Waals surface area contributed by atoms with E-state index < -0.39 is 50.9 Å². The van der Waals surface area contributed by atoms with Gasteiger partial charge in [-0.3, -0.25) is 9.59 Å². The lowest BCUT2D eigenvalue weighted by atomic mass is 10.2. The summed E-state index contributed by atoms with van der Waals surface area (Å²) >= 11 is 0. The van der Waals surface area contributed by atoms with Crippen LogP contribution in [0.4, 0.5) is 8.78 Å². The second-order valence-electron chi connectivity index (χ2n) is 3.79. The molecule has 0 aromatic heterocycles. The molecule has 1 amide bonds. The number of halogens is 2. The fourth-order valence-corrected chi connectivity index (χ4v) is 2.55. The van der Waals surface area contributed by atoms with Gasteiger partial charge in [-0.1, -0.05) is 0 Å². The number of rotatable bonds is 6. The van der Waals surface area contributed by atoms with E-state index in [0.717, 1.165) is 0 Å². The van der Waals surface area contributed by atoms with E-state index in [0.29, 0.717) is 18.2 Å². The SMILES string of the molecule is NC(=O)CC(NS(=O)(=O)c1cc(F)cc(F)c1)C(=O)O. The van der Waals surface area contributed by atoms with Crippen molar-refractivity contribution < 1.29 is 31.9 Å². The summed E-state index contributed by atoms with van der Waals surface area (Å²) in [4.78, 5) is 20.6. The van der Waals surface area contributed by atoms with Crippen molar-refractivity contribution in [1.29, 1.82) is 0 Å². The Morgan fingerprint density at radius 2 is 1.75 bits per heavy atom. The predicted octanol–water partition coefficient (Wildman–Crippen LogP) is -0.428. The van der Waals surface area contributed by atoms with Gasteiger partial charge in [0.05, 0.1) is 11.3 Å². The van der Waals surface area contributed by atoms with E-state index in [9.17, 15) is 26.8 Å². The van der Waals surface area contributed by atoms with Gasteiger partial charge in [0.15, 0.2) is 0 Å². The fraction of sp³-hybridized carbons (Fsp3) is 0.200. The first-order valence-corrected chi connectivity index (χ1v) is 6.59. The number of carbonyl (C=O) groups excluding carboxylic acids is 1. The smallest absolute Gasteiger partial charge is 0.322 e. The van der Waals surface area contributed by atoms with Gasteiger partial charge in [0.1, 0.15) is 17.7 Å². The Labute approximate surface area is 112 Å². The molecule has 0 spiro atoms. The number of benzene rings is 1. The molecule has 0 aliphatic heterocycles. The number of carboxylic acids is 1. The van der Waals surface area contributed by atoms with E-state index in [2.05, 4.69) is 0 Å². The van der Waals surface area contributed by atoms with Gasteiger partial charge in [-0.05, 0) is 12.1 Å². The van der Waals surface area contributed by atoms with Crippen molar-refractivity contribution in [2.75, 3.05) is 0 Å². The summed E-state index contributed by atoms with van der Waals surface area (Å²) < 4.78 is 51.1. The zero-order valence-corrected chi connectivity index (χ0v) is 10.7. The molecule has 0 aliphatic carbocycles. The fourth-order valence-electron chi connectivity index (χ4n) is 1.32. The Balaban J connectivity index is 3.09. The minimum absolute atomic E-state index is 0.455. The number of sulfonamides is 1. The van der Waals surface area contributed by atoms with Gasteiger partial charge in [-0.25, -0.2) is 17.2 Å². The number of nitrogens with one attached hydrogen (secondary N) is 1. The number of carbonyl (C=O) groups is 2. The molecule has 20 heavy (non-hydrogen) atoms. The minimum Gasteiger partial charge on any atom is -0.480 e. The molecule has 110 valence electrons. The lowest BCUT2D eigenvalue weighted by molar-refractivity contribution is -0.140. The topological polar surface area (TPSA) is 127 Å². The highest BCUT2D eigenvalue weighted by molar-refractivity contribution is 7.89. The number of carboxylic acid groups (broad SMARTS) is 1. The lowest BCUT2D eigenvalue weighted by Gasteiger charge is -2.13. The average Bonchev–Trinajstić information content (AvgIpc) is 2.25. The molecule has 0 aliphatic rings. The molecule has 7 nitrogen and oxygen atoms in total. The second kappa shape index (κ2) is 5.92. The normalized spacial score (nSPS) is 12.9. The molecule has 1 unspecified atom stereocenters. The van der Waals surface area contributed by atoms with E-state index in [4.69, 9.17) is 10.8 Å². The molecule has 1 rings (SSSR count). The summed E-state index contributed by atoms with van der Waals surface area (Å²) in [6, 6.07) is -0.357. The summed E-state index contributed by atoms with van der Waals surface area (Å²) in [5.74, 6) is -4.99. The highest BCUT2D eigenvalue weighted by Crippen LogP contribution is 2.14. The van der Waals surface area contributed by atoms with Crippen molar-refractivity contribution >= 4 is 21.9 Å². The maximum absolute atomic E-state index is 12.9. The van der Waals surface area contributed by atoms with Crippen LogP contribution >= 0.6 is 0 Å². The monoisotopic (exact) mass is 308 g/mol. The second-order valence-corrected chi connectivity index (χ2v) is 5.50. The minimum atomic E-state index is -4.51. The Morgan fingerprint density at radius 3 is 2.15 bits per heavy atom. The van der Waals surface area contributed by atoms with Crippen LogP contribution in [0, 0.1) is 11.6 Å². The van der Waals surface area contributed by atoms with Crippen molar-refractivity contribution in [3.63, 3.8) is 0 Å². The third kappa shape index (κ3) is 4.24. The molecule has 0 saturated heterocycles. The van der Waals surface area contributed by atoms with Crippen molar-refractivity contribution in [2.24, 2.45) is 5.73 Å². The Hall–Kier alpha value is -2.07. The van der Waals surface area contributed by atoms with Gasteiger partial charge in [0.2, 0.25) is 15.9 Å². The van der Waals surface area contributed by atoms with Crippen molar-refractivity contribution in [3.8, 4) is 0 Å². The first-order valence-electron chi connectivity index (χ1n) is 5.11. The van der Waals surface area contributed by atoms with E-state index >= 15 is 0 Å². The Morgan fingerprint density at radius 1 is 1.25 bits per heavy atom. The van der Waals surface area contributed by atoms with Gasteiger partial charge in [0.25, 0.3) is 0 Å². The largest absolute Gasteiger partial charge is 0.480 e. The molecular formula is C10H10F2N2O5S. The quantitative estimate of drug-likeness (QED) is 0.657. The molecule has 10 heteroatoms. The molecule has 0 saturated carbocycles. The van der Waals surface area contributed by atoms with E-state index in [1.54, 1.807) is 4.72 Å². The molecule has 1 aromatic carbocycles. The molecule has 0 heterocycles. The third-order valence-electron chi connectivity index (χ3n) is 2.15. The van der Waals surface area contributed by atoms with Crippen molar-refractivity contribution in [2.45, 2.75) is 17.4 Å². The number of hydrogen-bond donors (Lipinski definition) is 3. The summed E-state index contributed by atoms with van der Waals surface area (Å²) in [6.45, 7) is 0. The van der Waals surface area contributed by atoms with Gasteiger partial charge >= 0.3 is 5.97 Å². The van der Waals surface area contributed by atoms with Crippen LogP contribution in [0.15, 0.2) is 23.1 Å². The first kappa shape index (κ1) is 16.0. The maximum Gasteiger partial charge on any atom is 0.322 e. The molecule has 1 aromatic rings. The van der Waals surface area contributed by atoms with Crippen molar-refractivity contribution in [1.82, 2.24) is 4.72 Å². The summed E-state index contributed by atoms with van der Waals surface area (Å²) in [6.07, 6.45) is -0.799. The third-order valence-corrected chi connectivity index (χ3v) is 3.60. The van der Waals surface area contributed by atoms with Crippen LogP contribution in [-0.2, 0) is 19.6 Å². The van der Waals surface area contributed by atoms with Crippen LogP contribution in [0.3, 0.4) is 0 Å². The van der Waals surface area contributed by atoms with Crippen LogP contribution in [0.5, 0.6) is 0 Å². The molecule has 1 atom stereocenters. The van der Waals surface area contributed by atoms with Gasteiger partial charge in [-0.15, -0.1) is 0 Å². The average molecular weight is 308 g/mol. The van der Waals surface area contributed by atoms with Gasteiger partial charge in [0, 0.05) is 6.07 Å². The number of primary amides is 1. The Bertz CT molecular complexity index is 627. The standard InChI is InChI=1S/C10H10F2N2O5S/c11-5-1-6(12)3-7(2-5)20(18,19)14-8(10(16)17)4-9(13)15/h1-3,8,14H,4H2,(H2,13,15)(H,16,17). The first-order chi connectivity index (χ1) is 9.11. The maximum atomic E-state index is 12.9. The Kier molecular flexibility index (Phi) is 4.73. The van der Waals surface area contributed by atoms with E-state index in [1.165, 1.54) is 0 Å². The van der Waals surface area contributed by atoms with Crippen LogP contribution in [0.25, 0.3) is 0 Å². The van der Waals surface area contributed by atoms with Crippen LogP contribution < -0.4 is 10.5 Å². The number of nitrogens with two attached hydrogens (primary N) is 1. The van der Waals surface area contributed by atoms with Crippen LogP contribution in [0.1, 0.15) is 6.42 Å². The molecule has 0 radical (unpaired) electrons. The van der Waals surface area contributed by atoms with Gasteiger partial charge < -0.3 is 10.8 Å². The molecule has 4 N–H and O–H groups in total. The van der Waals surface area contributed by atoms with Gasteiger partial charge in [-0.2, -0.15) is 4.72 Å². The number of hydrogen-bond acceptors (Lipinski definition) is 4. The summed E-state index contributed by atoms with van der Waals surface area (Å²) in [5, 5.41) is 8.76. The predicted molar refractivity (Wildman–Crippen MR) is 61.9 cm³/mol. The molecule has 0 bridgehead atoms. The highest BCUT2D eigenvalue weighted by Gasteiger charge is 2.27. The number of amides is 1. The zero-order chi connectivity index (χ0) is 15.5. The van der Waals surface area contributed by atoms with Crippen LogP contribution in [0.2, 0.25) is 0 Å². The zero-order valence-electron chi connectivity index (χ0n) is 9.84. The highest BCUT2D eigenvalue weighted by atomic mass is 32.2. The molecule has 0 fully saturated rings. The van der Waals surface area contributed by atoms with E-state index in [1.807, 2.05) is 0 Å². The van der Waals surface area contributed by atoms with Crippen LogP contribution in [-0.4, -0.2) is 31.4 Å². The number of aliphatic carboxylic acids is 1.